The summed E-state index contributed by atoms with van der Waals surface area (Å²) in [4.78, 5) is 8.14. The Labute approximate surface area is 131 Å². The van der Waals surface area contributed by atoms with Gasteiger partial charge in [0.1, 0.15) is 0 Å². The summed E-state index contributed by atoms with van der Waals surface area (Å²) in [6.07, 6.45) is 1.99. The molecular formula is C19H21N3. The molecule has 3 aromatic rings. The zero-order chi connectivity index (χ0) is 14.9. The van der Waals surface area contributed by atoms with Crippen molar-refractivity contribution in [2.75, 3.05) is 38.1 Å². The minimum absolute atomic E-state index is 1.12. The fraction of sp³-hybridized carbons (Fsp3) is 0.263. The van der Waals surface area contributed by atoms with Gasteiger partial charge in [-0.1, -0.05) is 24.3 Å². The Balaban J connectivity index is 1.58. The predicted octanol–water partition coefficient (Wildman–Crippen LogP) is 3.59. The normalized spacial score (nSPS) is 16.3. The molecule has 2 heterocycles. The third kappa shape index (κ3) is 2.48. The predicted molar refractivity (Wildman–Crippen MR) is 93.4 cm³/mol. The van der Waals surface area contributed by atoms with Crippen LogP contribution in [0.2, 0.25) is 0 Å². The number of hydrogen-bond donors (Lipinski definition) is 1. The Morgan fingerprint density at radius 2 is 1.55 bits per heavy atom. The number of likely N-dealkylation sites (N-methyl/N-ethyl adjacent to an activating group) is 1. The number of benzene rings is 2. The van der Waals surface area contributed by atoms with Gasteiger partial charge in [-0.2, -0.15) is 0 Å². The van der Waals surface area contributed by atoms with Crippen LogP contribution in [0.5, 0.6) is 0 Å². The van der Waals surface area contributed by atoms with Crippen LogP contribution in [-0.2, 0) is 0 Å². The van der Waals surface area contributed by atoms with E-state index >= 15 is 0 Å². The van der Waals surface area contributed by atoms with Crippen LogP contribution in [-0.4, -0.2) is 43.1 Å². The van der Waals surface area contributed by atoms with Gasteiger partial charge in [-0.05, 0) is 47.8 Å². The zero-order valence-electron chi connectivity index (χ0n) is 12.9. The van der Waals surface area contributed by atoms with Crippen LogP contribution in [0.25, 0.3) is 22.0 Å². The first-order valence-electron chi connectivity index (χ1n) is 7.91. The van der Waals surface area contributed by atoms with Gasteiger partial charge >= 0.3 is 0 Å². The van der Waals surface area contributed by atoms with Crippen LogP contribution in [0.15, 0.2) is 54.7 Å². The number of fused-ring (bicyclic) bond motifs is 1. The number of H-pyrrole nitrogens is 1. The van der Waals surface area contributed by atoms with Crippen molar-refractivity contribution in [3.05, 3.63) is 54.7 Å². The number of anilines is 1. The van der Waals surface area contributed by atoms with Crippen molar-refractivity contribution >= 4 is 16.6 Å². The maximum Gasteiger partial charge on any atom is 0.0460 e. The highest BCUT2D eigenvalue weighted by Crippen LogP contribution is 2.26. The van der Waals surface area contributed by atoms with Gasteiger partial charge < -0.3 is 14.8 Å². The zero-order valence-corrected chi connectivity index (χ0v) is 12.9. The van der Waals surface area contributed by atoms with E-state index in [2.05, 4.69) is 70.4 Å². The van der Waals surface area contributed by atoms with Gasteiger partial charge in [-0.25, -0.2) is 0 Å². The Kier molecular flexibility index (Phi) is 3.35. The fourth-order valence-electron chi connectivity index (χ4n) is 3.16. The molecule has 0 unspecified atom stereocenters. The molecule has 1 aliphatic rings. The van der Waals surface area contributed by atoms with Crippen LogP contribution >= 0.6 is 0 Å². The van der Waals surface area contributed by atoms with Crippen molar-refractivity contribution in [3.8, 4) is 11.1 Å². The van der Waals surface area contributed by atoms with Crippen LogP contribution in [0, 0.1) is 0 Å². The van der Waals surface area contributed by atoms with E-state index in [0.717, 1.165) is 26.2 Å². The van der Waals surface area contributed by atoms with E-state index in [1.807, 2.05) is 6.20 Å². The van der Waals surface area contributed by atoms with Crippen molar-refractivity contribution in [1.82, 2.24) is 9.88 Å². The van der Waals surface area contributed by atoms with E-state index in [9.17, 15) is 0 Å². The number of aromatic amines is 1. The second kappa shape index (κ2) is 5.50. The third-order valence-electron chi connectivity index (χ3n) is 4.62. The fourth-order valence-corrected chi connectivity index (χ4v) is 3.16. The molecule has 1 saturated heterocycles. The average molecular weight is 291 g/mol. The number of hydrogen-bond acceptors (Lipinski definition) is 2. The number of rotatable bonds is 2. The van der Waals surface area contributed by atoms with Gasteiger partial charge in [0.25, 0.3) is 0 Å². The van der Waals surface area contributed by atoms with E-state index in [4.69, 9.17) is 0 Å². The standard InChI is InChI=1S/C19H21N3/c1-21-10-12-22(13-11-21)18-6-4-15(5-7-18)17-3-2-16-8-9-20-19(16)14-17/h2-9,14,20H,10-13H2,1H3. The summed E-state index contributed by atoms with van der Waals surface area (Å²) in [5.41, 5.74) is 5.06. The third-order valence-corrected chi connectivity index (χ3v) is 4.62. The molecule has 112 valence electrons. The summed E-state index contributed by atoms with van der Waals surface area (Å²) in [6.45, 7) is 4.52. The van der Waals surface area contributed by atoms with Gasteiger partial charge in [0.15, 0.2) is 0 Å². The molecule has 0 radical (unpaired) electrons. The molecule has 3 heteroatoms. The monoisotopic (exact) mass is 291 g/mol. The van der Waals surface area contributed by atoms with Crippen molar-refractivity contribution in [2.24, 2.45) is 0 Å². The van der Waals surface area contributed by atoms with Crippen molar-refractivity contribution in [1.29, 1.82) is 0 Å². The van der Waals surface area contributed by atoms with E-state index in [1.165, 1.54) is 27.7 Å². The molecule has 1 aromatic heterocycles. The van der Waals surface area contributed by atoms with Crippen LogP contribution in [0.4, 0.5) is 5.69 Å². The molecule has 0 spiro atoms. The Bertz CT molecular complexity index is 765. The average Bonchev–Trinajstić information content (AvgIpc) is 3.03. The highest BCUT2D eigenvalue weighted by atomic mass is 15.2. The molecule has 0 bridgehead atoms. The minimum atomic E-state index is 1.12. The smallest absolute Gasteiger partial charge is 0.0460 e. The number of piperazine rings is 1. The Morgan fingerprint density at radius 3 is 2.32 bits per heavy atom. The lowest BCUT2D eigenvalue weighted by Gasteiger charge is -2.34. The topological polar surface area (TPSA) is 22.3 Å². The van der Waals surface area contributed by atoms with Crippen molar-refractivity contribution < 1.29 is 0 Å². The van der Waals surface area contributed by atoms with E-state index in [0.29, 0.717) is 0 Å². The van der Waals surface area contributed by atoms with Crippen molar-refractivity contribution in [3.63, 3.8) is 0 Å². The second-order valence-electron chi connectivity index (χ2n) is 6.12. The van der Waals surface area contributed by atoms with Gasteiger partial charge in [0, 0.05) is 43.6 Å². The number of aromatic nitrogens is 1. The molecule has 1 N–H and O–H groups in total. The molecular weight excluding hydrogens is 270 g/mol. The highest BCUT2D eigenvalue weighted by molar-refractivity contribution is 5.85. The Morgan fingerprint density at radius 1 is 0.818 bits per heavy atom. The summed E-state index contributed by atoms with van der Waals surface area (Å²) in [5, 5.41) is 1.26. The van der Waals surface area contributed by atoms with Crippen LogP contribution in [0.1, 0.15) is 0 Å². The second-order valence-corrected chi connectivity index (χ2v) is 6.12. The lowest BCUT2D eigenvalue weighted by Crippen LogP contribution is -2.44. The minimum Gasteiger partial charge on any atom is -0.369 e. The first kappa shape index (κ1) is 13.4. The van der Waals surface area contributed by atoms with E-state index in [1.54, 1.807) is 0 Å². The van der Waals surface area contributed by atoms with Crippen LogP contribution < -0.4 is 4.90 Å². The number of nitrogens with one attached hydrogen (secondary N) is 1. The summed E-state index contributed by atoms with van der Waals surface area (Å²) in [7, 11) is 2.19. The maximum atomic E-state index is 3.28. The molecule has 0 atom stereocenters. The molecule has 1 fully saturated rings. The quantitative estimate of drug-likeness (QED) is 0.779. The lowest BCUT2D eigenvalue weighted by atomic mass is 10.0. The van der Waals surface area contributed by atoms with Gasteiger partial charge in [0.05, 0.1) is 0 Å². The molecule has 1 aliphatic heterocycles. The SMILES string of the molecule is CN1CCN(c2ccc(-c3ccc4cc[nH]c4c3)cc2)CC1. The summed E-state index contributed by atoms with van der Waals surface area (Å²) in [6, 6.07) is 17.7. The first-order valence-corrected chi connectivity index (χ1v) is 7.91. The van der Waals surface area contributed by atoms with E-state index < -0.39 is 0 Å². The van der Waals surface area contributed by atoms with Gasteiger partial charge in [-0.15, -0.1) is 0 Å². The van der Waals surface area contributed by atoms with Crippen LogP contribution in [0.3, 0.4) is 0 Å². The molecule has 2 aromatic carbocycles. The lowest BCUT2D eigenvalue weighted by molar-refractivity contribution is 0.313. The summed E-state index contributed by atoms with van der Waals surface area (Å²) < 4.78 is 0. The molecule has 0 aliphatic carbocycles. The maximum absolute atomic E-state index is 3.28. The summed E-state index contributed by atoms with van der Waals surface area (Å²) in [5.74, 6) is 0. The highest BCUT2D eigenvalue weighted by Gasteiger charge is 2.14. The summed E-state index contributed by atoms with van der Waals surface area (Å²) >= 11 is 0. The Hall–Kier alpha value is -2.26. The van der Waals surface area contributed by atoms with Gasteiger partial charge in [0.2, 0.25) is 0 Å². The molecule has 22 heavy (non-hydrogen) atoms. The van der Waals surface area contributed by atoms with Gasteiger partial charge in [-0.3, -0.25) is 0 Å². The first-order chi connectivity index (χ1) is 10.8. The molecule has 4 rings (SSSR count). The molecule has 0 amide bonds. The largest absolute Gasteiger partial charge is 0.369 e. The number of nitrogens with zero attached hydrogens (tertiary/aromatic N) is 2. The van der Waals surface area contributed by atoms with E-state index in [-0.39, 0.29) is 0 Å². The molecule has 0 saturated carbocycles. The molecule has 3 nitrogen and oxygen atoms in total. The van der Waals surface area contributed by atoms with Crippen molar-refractivity contribution in [2.45, 2.75) is 0 Å².